The first kappa shape index (κ1) is 7.99. The molecule has 0 spiro atoms. The number of aliphatic hydroxyl groups is 1. The van der Waals surface area contributed by atoms with Crippen molar-refractivity contribution in [1.82, 2.24) is 0 Å². The van der Waals surface area contributed by atoms with E-state index in [0.29, 0.717) is 5.92 Å². The van der Waals surface area contributed by atoms with E-state index in [9.17, 15) is 5.11 Å². The summed E-state index contributed by atoms with van der Waals surface area (Å²) in [5.74, 6) is 0.604. The highest BCUT2D eigenvalue weighted by Gasteiger charge is 2.28. The molecule has 0 radical (unpaired) electrons. The molecule has 0 aromatic carbocycles. The Labute approximate surface area is 73.0 Å². The SMILES string of the molecule is C[C@@H]1CC[C@H](O)C2=NCCC=C21. The van der Waals surface area contributed by atoms with E-state index in [2.05, 4.69) is 18.0 Å². The molecule has 2 rings (SSSR count). The fraction of sp³-hybridized carbons (Fsp3) is 0.700. The normalized spacial score (nSPS) is 35.2. The molecule has 1 heterocycles. The Morgan fingerprint density at radius 3 is 3.08 bits per heavy atom. The van der Waals surface area contributed by atoms with Gasteiger partial charge in [0, 0.05) is 6.54 Å². The summed E-state index contributed by atoms with van der Waals surface area (Å²) in [4.78, 5) is 4.38. The summed E-state index contributed by atoms with van der Waals surface area (Å²) in [5, 5.41) is 9.65. The summed E-state index contributed by atoms with van der Waals surface area (Å²) in [6.07, 6.45) is 5.00. The summed E-state index contributed by atoms with van der Waals surface area (Å²) < 4.78 is 0. The molecule has 2 atom stereocenters. The van der Waals surface area contributed by atoms with E-state index in [1.54, 1.807) is 0 Å². The van der Waals surface area contributed by atoms with Crippen LogP contribution in [0, 0.1) is 5.92 Å². The molecule has 1 fully saturated rings. The molecule has 1 N–H and O–H groups in total. The van der Waals surface area contributed by atoms with Gasteiger partial charge in [-0.15, -0.1) is 0 Å². The minimum absolute atomic E-state index is 0.284. The lowest BCUT2D eigenvalue weighted by Gasteiger charge is -2.29. The number of aliphatic imine (C=N–C) groups is 1. The fourth-order valence-corrected chi connectivity index (χ4v) is 2.05. The van der Waals surface area contributed by atoms with Crippen LogP contribution in [0.5, 0.6) is 0 Å². The third-order valence-corrected chi connectivity index (χ3v) is 2.79. The Kier molecular flexibility index (Phi) is 2.01. The van der Waals surface area contributed by atoms with E-state index < -0.39 is 0 Å². The number of dihydropyridines is 1. The van der Waals surface area contributed by atoms with Gasteiger partial charge >= 0.3 is 0 Å². The molecular weight excluding hydrogens is 150 g/mol. The van der Waals surface area contributed by atoms with Crippen molar-refractivity contribution in [2.24, 2.45) is 10.9 Å². The highest BCUT2D eigenvalue weighted by atomic mass is 16.3. The van der Waals surface area contributed by atoms with E-state index in [0.717, 1.165) is 31.5 Å². The Hall–Kier alpha value is -0.630. The van der Waals surface area contributed by atoms with Gasteiger partial charge < -0.3 is 5.11 Å². The summed E-state index contributed by atoms with van der Waals surface area (Å²) in [7, 11) is 0. The molecule has 0 bridgehead atoms. The summed E-state index contributed by atoms with van der Waals surface area (Å²) in [5.41, 5.74) is 2.28. The quantitative estimate of drug-likeness (QED) is 0.580. The smallest absolute Gasteiger partial charge is 0.0958 e. The topological polar surface area (TPSA) is 32.6 Å². The predicted octanol–water partition coefficient (Wildman–Crippen LogP) is 1.55. The van der Waals surface area contributed by atoms with Crippen LogP contribution in [0.15, 0.2) is 16.6 Å². The average Bonchev–Trinajstić information content (AvgIpc) is 2.12. The van der Waals surface area contributed by atoms with Crippen molar-refractivity contribution in [1.29, 1.82) is 0 Å². The summed E-state index contributed by atoms with van der Waals surface area (Å²) >= 11 is 0. The molecule has 0 unspecified atom stereocenters. The van der Waals surface area contributed by atoms with Crippen molar-refractivity contribution < 1.29 is 5.11 Å². The van der Waals surface area contributed by atoms with Crippen molar-refractivity contribution in [2.45, 2.75) is 32.3 Å². The Balaban J connectivity index is 2.28. The lowest BCUT2D eigenvalue weighted by molar-refractivity contribution is 0.212. The average molecular weight is 165 g/mol. The van der Waals surface area contributed by atoms with Crippen molar-refractivity contribution in [3.05, 3.63) is 11.6 Å². The fourth-order valence-electron chi connectivity index (χ4n) is 2.05. The van der Waals surface area contributed by atoms with Crippen molar-refractivity contribution in [3.8, 4) is 0 Å². The van der Waals surface area contributed by atoms with Gasteiger partial charge in [0.05, 0.1) is 11.8 Å². The standard InChI is InChI=1S/C10H15NO/c1-7-4-5-9(12)10-8(7)3-2-6-11-10/h3,7,9,12H,2,4-6H2,1H3/t7-,9+/m1/s1. The molecular formula is C10H15NO. The molecule has 0 saturated heterocycles. The highest BCUT2D eigenvalue weighted by molar-refractivity contribution is 6.04. The third kappa shape index (κ3) is 1.20. The van der Waals surface area contributed by atoms with Gasteiger partial charge in [-0.3, -0.25) is 4.99 Å². The lowest BCUT2D eigenvalue weighted by atomic mass is 9.81. The second-order valence-corrected chi connectivity index (χ2v) is 3.71. The van der Waals surface area contributed by atoms with Crippen LogP contribution in [0.3, 0.4) is 0 Å². The number of rotatable bonds is 0. The van der Waals surface area contributed by atoms with Crippen LogP contribution in [-0.4, -0.2) is 23.5 Å². The highest BCUT2D eigenvalue weighted by Crippen LogP contribution is 2.29. The monoisotopic (exact) mass is 165 g/mol. The molecule has 0 aromatic heterocycles. The first-order chi connectivity index (χ1) is 5.79. The van der Waals surface area contributed by atoms with Crippen molar-refractivity contribution in [3.63, 3.8) is 0 Å². The van der Waals surface area contributed by atoms with Crippen LogP contribution < -0.4 is 0 Å². The van der Waals surface area contributed by atoms with Gasteiger partial charge in [0.1, 0.15) is 0 Å². The van der Waals surface area contributed by atoms with Gasteiger partial charge in [0.15, 0.2) is 0 Å². The number of fused-ring (bicyclic) bond motifs is 1. The van der Waals surface area contributed by atoms with Crippen LogP contribution in [0.1, 0.15) is 26.2 Å². The second-order valence-electron chi connectivity index (χ2n) is 3.71. The molecule has 0 amide bonds. The van der Waals surface area contributed by atoms with Gasteiger partial charge in [-0.05, 0) is 30.8 Å². The number of hydrogen-bond acceptors (Lipinski definition) is 2. The molecule has 0 aromatic rings. The number of nitrogens with zero attached hydrogens (tertiary/aromatic N) is 1. The van der Waals surface area contributed by atoms with Crippen LogP contribution in [-0.2, 0) is 0 Å². The minimum Gasteiger partial charge on any atom is -0.387 e. The predicted molar refractivity (Wildman–Crippen MR) is 49.4 cm³/mol. The third-order valence-electron chi connectivity index (χ3n) is 2.79. The minimum atomic E-state index is -0.284. The first-order valence-electron chi connectivity index (χ1n) is 4.72. The molecule has 2 heteroatoms. The maximum Gasteiger partial charge on any atom is 0.0958 e. The van der Waals surface area contributed by atoms with Crippen molar-refractivity contribution in [2.75, 3.05) is 6.54 Å². The van der Waals surface area contributed by atoms with Crippen LogP contribution >= 0.6 is 0 Å². The van der Waals surface area contributed by atoms with E-state index in [-0.39, 0.29) is 6.10 Å². The van der Waals surface area contributed by atoms with Crippen LogP contribution in [0.4, 0.5) is 0 Å². The first-order valence-corrected chi connectivity index (χ1v) is 4.72. The zero-order valence-corrected chi connectivity index (χ0v) is 7.45. The number of aliphatic hydroxyl groups excluding tert-OH is 1. The zero-order chi connectivity index (χ0) is 8.55. The van der Waals surface area contributed by atoms with Gasteiger partial charge in [-0.1, -0.05) is 13.0 Å². The number of hydrogen-bond donors (Lipinski definition) is 1. The largest absolute Gasteiger partial charge is 0.387 e. The zero-order valence-electron chi connectivity index (χ0n) is 7.45. The second kappa shape index (κ2) is 3.02. The van der Waals surface area contributed by atoms with Gasteiger partial charge in [0.25, 0.3) is 0 Å². The Morgan fingerprint density at radius 1 is 1.50 bits per heavy atom. The molecule has 2 nitrogen and oxygen atoms in total. The van der Waals surface area contributed by atoms with Crippen LogP contribution in [0.25, 0.3) is 0 Å². The molecule has 1 saturated carbocycles. The van der Waals surface area contributed by atoms with Gasteiger partial charge in [-0.25, -0.2) is 0 Å². The van der Waals surface area contributed by atoms with Crippen molar-refractivity contribution >= 4 is 5.71 Å². The van der Waals surface area contributed by atoms with E-state index in [4.69, 9.17) is 0 Å². The van der Waals surface area contributed by atoms with Gasteiger partial charge in [-0.2, -0.15) is 0 Å². The Morgan fingerprint density at radius 2 is 2.33 bits per heavy atom. The van der Waals surface area contributed by atoms with E-state index in [1.807, 2.05) is 0 Å². The molecule has 2 aliphatic rings. The van der Waals surface area contributed by atoms with E-state index >= 15 is 0 Å². The molecule has 66 valence electrons. The molecule has 1 aliphatic carbocycles. The Bertz CT molecular complexity index is 216. The lowest BCUT2D eigenvalue weighted by Crippen LogP contribution is -2.32. The summed E-state index contributed by atoms with van der Waals surface area (Å²) in [6.45, 7) is 3.08. The molecule has 12 heavy (non-hydrogen) atoms. The van der Waals surface area contributed by atoms with Crippen LogP contribution in [0.2, 0.25) is 0 Å². The summed E-state index contributed by atoms with van der Waals surface area (Å²) in [6, 6.07) is 0. The van der Waals surface area contributed by atoms with Gasteiger partial charge in [0.2, 0.25) is 0 Å². The maximum absolute atomic E-state index is 9.65. The van der Waals surface area contributed by atoms with E-state index in [1.165, 1.54) is 5.57 Å². The maximum atomic E-state index is 9.65. The molecule has 1 aliphatic heterocycles.